The number of carbonyl (C=O) groups excluding carboxylic acids is 2. The van der Waals surface area contributed by atoms with E-state index < -0.39 is 18.1 Å². The number of amides is 2. The van der Waals surface area contributed by atoms with E-state index in [9.17, 15) is 9.59 Å². The van der Waals surface area contributed by atoms with Gasteiger partial charge in [0.05, 0.1) is 26.2 Å². The van der Waals surface area contributed by atoms with Crippen molar-refractivity contribution in [2.45, 2.75) is 24.9 Å². The van der Waals surface area contributed by atoms with Gasteiger partial charge in [-0.2, -0.15) is 0 Å². The number of benzene rings is 2. The minimum Gasteiger partial charge on any atom is -0.497 e. The lowest BCUT2D eigenvalue weighted by Gasteiger charge is -2.36. The summed E-state index contributed by atoms with van der Waals surface area (Å²) in [4.78, 5) is 35.2. The average Bonchev–Trinajstić information content (AvgIpc) is 3.32. The van der Waals surface area contributed by atoms with Crippen molar-refractivity contribution in [1.29, 1.82) is 0 Å². The molecule has 2 atom stereocenters. The van der Waals surface area contributed by atoms with Crippen LogP contribution in [0, 0.1) is 0 Å². The van der Waals surface area contributed by atoms with Gasteiger partial charge in [0.2, 0.25) is 0 Å². The van der Waals surface area contributed by atoms with E-state index in [1.165, 1.54) is 7.11 Å². The number of nitrogens with one attached hydrogen (secondary N) is 2. The molecule has 2 N–H and O–H groups in total. The molecule has 1 aromatic heterocycles. The fraction of sp³-hybridized carbons (Fsp3) is 0.292. The summed E-state index contributed by atoms with van der Waals surface area (Å²) >= 11 is 0. The first-order chi connectivity index (χ1) is 15.6. The zero-order valence-electron chi connectivity index (χ0n) is 18.1. The molecule has 0 radical (unpaired) electrons. The Balaban J connectivity index is 1.62. The van der Waals surface area contributed by atoms with Crippen molar-refractivity contribution in [3.63, 3.8) is 0 Å². The standard InChI is InChI=1S/C24H26N4O4/c1-31-18-10-6-9-17(14-18)22-21-19(25-15-26-21)11-12-28(22)24(30)27-20(23(29)32-2)13-16-7-4-3-5-8-16/h3-10,14-15,20,22H,11-13H2,1-2H3,(H,25,26)(H,27,30)/t20-,22?/m0/s1. The molecule has 3 aromatic rings. The molecule has 1 unspecified atom stereocenters. The molecular weight excluding hydrogens is 408 g/mol. The van der Waals surface area contributed by atoms with Gasteiger partial charge >= 0.3 is 12.0 Å². The Morgan fingerprint density at radius 3 is 2.75 bits per heavy atom. The predicted octanol–water partition coefficient (Wildman–Crippen LogP) is 2.86. The van der Waals surface area contributed by atoms with E-state index in [0.717, 1.165) is 22.5 Å². The van der Waals surface area contributed by atoms with Gasteiger partial charge in [0.1, 0.15) is 17.8 Å². The summed E-state index contributed by atoms with van der Waals surface area (Å²) in [7, 11) is 2.93. The highest BCUT2D eigenvalue weighted by molar-refractivity contribution is 5.84. The molecule has 2 heterocycles. The van der Waals surface area contributed by atoms with Crippen LogP contribution in [0.1, 0.15) is 28.6 Å². The Morgan fingerprint density at radius 2 is 2.00 bits per heavy atom. The van der Waals surface area contributed by atoms with E-state index in [2.05, 4.69) is 15.3 Å². The summed E-state index contributed by atoms with van der Waals surface area (Å²) < 4.78 is 10.3. The Kier molecular flexibility index (Phi) is 6.39. The number of ether oxygens (including phenoxy) is 2. The first-order valence-electron chi connectivity index (χ1n) is 10.5. The summed E-state index contributed by atoms with van der Waals surface area (Å²) in [5.74, 6) is 0.208. The number of aromatic amines is 1. The normalized spacial score (nSPS) is 16.1. The summed E-state index contributed by atoms with van der Waals surface area (Å²) in [6.45, 7) is 0.474. The fourth-order valence-corrected chi connectivity index (χ4v) is 4.06. The fourth-order valence-electron chi connectivity index (χ4n) is 4.06. The van der Waals surface area contributed by atoms with Crippen LogP contribution in [0.5, 0.6) is 5.75 Å². The highest BCUT2D eigenvalue weighted by atomic mass is 16.5. The zero-order valence-corrected chi connectivity index (χ0v) is 18.1. The van der Waals surface area contributed by atoms with Crippen LogP contribution in [0.15, 0.2) is 60.9 Å². The SMILES string of the molecule is COC(=O)[C@H](Cc1ccccc1)NC(=O)N1CCc2[nH]cnc2C1c1cccc(OC)c1. The van der Waals surface area contributed by atoms with E-state index in [4.69, 9.17) is 9.47 Å². The molecule has 0 saturated carbocycles. The van der Waals surface area contributed by atoms with Crippen LogP contribution in [0.25, 0.3) is 0 Å². The lowest BCUT2D eigenvalue weighted by Crippen LogP contribution is -2.52. The van der Waals surface area contributed by atoms with Crippen molar-refractivity contribution in [2.24, 2.45) is 0 Å². The molecule has 2 amide bonds. The number of methoxy groups -OCH3 is 2. The lowest BCUT2D eigenvalue weighted by molar-refractivity contribution is -0.142. The van der Waals surface area contributed by atoms with Crippen molar-refractivity contribution < 1.29 is 19.1 Å². The third-order valence-electron chi connectivity index (χ3n) is 5.66. The van der Waals surface area contributed by atoms with E-state index in [1.807, 2.05) is 54.6 Å². The van der Waals surface area contributed by atoms with Crippen LogP contribution < -0.4 is 10.1 Å². The maximum atomic E-state index is 13.4. The predicted molar refractivity (Wildman–Crippen MR) is 118 cm³/mol. The largest absolute Gasteiger partial charge is 0.497 e. The summed E-state index contributed by atoms with van der Waals surface area (Å²) in [5, 5.41) is 2.88. The number of esters is 1. The van der Waals surface area contributed by atoms with Gasteiger partial charge in [-0.05, 0) is 23.3 Å². The van der Waals surface area contributed by atoms with E-state index in [-0.39, 0.29) is 6.03 Å². The van der Waals surface area contributed by atoms with Crippen LogP contribution in [-0.2, 0) is 22.4 Å². The molecule has 0 spiro atoms. The average molecular weight is 434 g/mol. The van der Waals surface area contributed by atoms with Crippen LogP contribution >= 0.6 is 0 Å². The summed E-state index contributed by atoms with van der Waals surface area (Å²) in [6.07, 6.45) is 2.63. The Hall–Kier alpha value is -3.81. The Morgan fingerprint density at radius 1 is 1.19 bits per heavy atom. The molecular formula is C24H26N4O4. The number of urea groups is 1. The maximum Gasteiger partial charge on any atom is 0.328 e. The molecule has 0 bridgehead atoms. The number of fused-ring (bicyclic) bond motifs is 1. The number of aromatic nitrogens is 2. The number of H-pyrrole nitrogens is 1. The number of carbonyl (C=O) groups is 2. The molecule has 32 heavy (non-hydrogen) atoms. The molecule has 0 fully saturated rings. The van der Waals surface area contributed by atoms with Crippen molar-refractivity contribution in [1.82, 2.24) is 20.2 Å². The van der Waals surface area contributed by atoms with Gasteiger partial charge in [0, 0.05) is 25.1 Å². The first-order valence-corrected chi connectivity index (χ1v) is 10.5. The second-order valence-corrected chi connectivity index (χ2v) is 7.60. The molecule has 166 valence electrons. The van der Waals surface area contributed by atoms with Crippen molar-refractivity contribution in [3.05, 3.63) is 83.4 Å². The quantitative estimate of drug-likeness (QED) is 0.582. The highest BCUT2D eigenvalue weighted by Gasteiger charge is 2.36. The van der Waals surface area contributed by atoms with Crippen molar-refractivity contribution in [3.8, 4) is 5.75 Å². The third kappa shape index (κ3) is 4.44. The van der Waals surface area contributed by atoms with Crippen molar-refractivity contribution >= 4 is 12.0 Å². The first kappa shape index (κ1) is 21.4. The molecule has 0 aliphatic carbocycles. The monoisotopic (exact) mass is 434 g/mol. The number of imidazole rings is 1. The van der Waals surface area contributed by atoms with Gasteiger partial charge in [0.15, 0.2) is 0 Å². The lowest BCUT2D eigenvalue weighted by atomic mass is 9.95. The number of nitrogens with zero attached hydrogens (tertiary/aromatic N) is 2. The number of hydrogen-bond donors (Lipinski definition) is 2. The smallest absolute Gasteiger partial charge is 0.328 e. The highest BCUT2D eigenvalue weighted by Crippen LogP contribution is 2.34. The minimum atomic E-state index is -0.804. The molecule has 8 nitrogen and oxygen atoms in total. The van der Waals surface area contributed by atoms with Crippen LogP contribution in [0.3, 0.4) is 0 Å². The van der Waals surface area contributed by atoms with Crippen molar-refractivity contribution in [2.75, 3.05) is 20.8 Å². The minimum absolute atomic E-state index is 0.338. The van der Waals surface area contributed by atoms with Gasteiger partial charge in [-0.15, -0.1) is 0 Å². The molecule has 4 rings (SSSR count). The Bertz CT molecular complexity index is 1080. The van der Waals surface area contributed by atoms with Crippen LogP contribution in [-0.4, -0.2) is 53.7 Å². The second-order valence-electron chi connectivity index (χ2n) is 7.60. The summed E-state index contributed by atoms with van der Waals surface area (Å²) in [5.41, 5.74) is 3.60. The third-order valence-corrected chi connectivity index (χ3v) is 5.66. The summed E-state index contributed by atoms with van der Waals surface area (Å²) in [6, 6.07) is 15.6. The zero-order chi connectivity index (χ0) is 22.5. The second kappa shape index (κ2) is 9.55. The van der Waals surface area contributed by atoms with Gasteiger partial charge in [-0.1, -0.05) is 42.5 Å². The maximum absolute atomic E-state index is 13.4. The van der Waals surface area contributed by atoms with E-state index in [0.29, 0.717) is 25.1 Å². The van der Waals surface area contributed by atoms with Crippen LogP contribution in [0.2, 0.25) is 0 Å². The molecule has 8 heteroatoms. The van der Waals surface area contributed by atoms with E-state index in [1.54, 1.807) is 18.3 Å². The molecule has 2 aromatic carbocycles. The van der Waals surface area contributed by atoms with Gasteiger partial charge in [-0.3, -0.25) is 0 Å². The van der Waals surface area contributed by atoms with Gasteiger partial charge < -0.3 is 24.7 Å². The van der Waals surface area contributed by atoms with Gasteiger partial charge in [0.25, 0.3) is 0 Å². The van der Waals surface area contributed by atoms with Crippen LogP contribution in [0.4, 0.5) is 4.79 Å². The number of rotatable bonds is 6. The molecule has 1 aliphatic heterocycles. The Labute approximate surface area is 186 Å². The van der Waals surface area contributed by atoms with Gasteiger partial charge in [-0.25, -0.2) is 14.6 Å². The number of hydrogen-bond acceptors (Lipinski definition) is 5. The van der Waals surface area contributed by atoms with E-state index >= 15 is 0 Å². The molecule has 1 aliphatic rings. The topological polar surface area (TPSA) is 96.6 Å². The molecule has 0 saturated heterocycles.